The first-order chi connectivity index (χ1) is 13.1. The summed E-state index contributed by atoms with van der Waals surface area (Å²) in [5, 5.41) is 9.87. The standard InChI is InChI=1S/C20H20BrN3O3/c1-3-26-15-9-10-19(27-4-2)17(11-15)22-20(25)18-12-16(23-24-18)13-5-7-14(21)8-6-13/h5-12H,3-4H2,1-2H3,(H,22,25)(H,23,24). The predicted molar refractivity (Wildman–Crippen MR) is 108 cm³/mol. The van der Waals surface area contributed by atoms with Crippen LogP contribution in [0, 0.1) is 0 Å². The molecule has 0 spiro atoms. The van der Waals surface area contributed by atoms with Gasteiger partial charge in [0.15, 0.2) is 0 Å². The van der Waals surface area contributed by atoms with Gasteiger partial charge in [-0.1, -0.05) is 28.1 Å². The first kappa shape index (κ1) is 19.0. The van der Waals surface area contributed by atoms with Gasteiger partial charge in [-0.25, -0.2) is 0 Å². The van der Waals surface area contributed by atoms with Gasteiger partial charge in [0.25, 0.3) is 5.91 Å². The highest BCUT2D eigenvalue weighted by molar-refractivity contribution is 9.10. The van der Waals surface area contributed by atoms with Gasteiger partial charge in [0, 0.05) is 16.1 Å². The number of aromatic amines is 1. The highest BCUT2D eigenvalue weighted by Crippen LogP contribution is 2.30. The van der Waals surface area contributed by atoms with E-state index in [0.29, 0.717) is 41.8 Å². The molecule has 2 N–H and O–H groups in total. The molecule has 140 valence electrons. The molecule has 27 heavy (non-hydrogen) atoms. The van der Waals surface area contributed by atoms with Gasteiger partial charge in [-0.15, -0.1) is 0 Å². The van der Waals surface area contributed by atoms with Crippen LogP contribution < -0.4 is 14.8 Å². The number of anilines is 1. The van der Waals surface area contributed by atoms with Gasteiger partial charge in [-0.3, -0.25) is 9.89 Å². The highest BCUT2D eigenvalue weighted by Gasteiger charge is 2.14. The molecule has 0 aliphatic heterocycles. The molecule has 0 bridgehead atoms. The van der Waals surface area contributed by atoms with Crippen LogP contribution in [0.15, 0.2) is 53.0 Å². The van der Waals surface area contributed by atoms with Crippen molar-refractivity contribution in [1.82, 2.24) is 10.2 Å². The van der Waals surface area contributed by atoms with Gasteiger partial charge >= 0.3 is 0 Å². The molecule has 6 nitrogen and oxygen atoms in total. The molecule has 0 fully saturated rings. The third-order valence-corrected chi connectivity index (χ3v) is 4.30. The van der Waals surface area contributed by atoms with Crippen molar-refractivity contribution >= 4 is 27.5 Å². The normalized spacial score (nSPS) is 10.5. The monoisotopic (exact) mass is 429 g/mol. The molecule has 0 aliphatic rings. The largest absolute Gasteiger partial charge is 0.494 e. The number of rotatable bonds is 7. The number of aromatic nitrogens is 2. The van der Waals surface area contributed by atoms with Crippen LogP contribution in [-0.2, 0) is 0 Å². The van der Waals surface area contributed by atoms with E-state index in [-0.39, 0.29) is 5.91 Å². The number of carbonyl (C=O) groups excluding carboxylic acids is 1. The maximum absolute atomic E-state index is 12.7. The molecule has 3 aromatic rings. The molecule has 0 saturated heterocycles. The lowest BCUT2D eigenvalue weighted by Crippen LogP contribution is -2.13. The summed E-state index contributed by atoms with van der Waals surface area (Å²) in [7, 11) is 0. The van der Waals surface area contributed by atoms with E-state index in [0.717, 1.165) is 10.0 Å². The molecular formula is C20H20BrN3O3. The molecular weight excluding hydrogens is 410 g/mol. The average Bonchev–Trinajstić information content (AvgIpc) is 3.15. The summed E-state index contributed by atoms with van der Waals surface area (Å²) in [5.74, 6) is 0.943. The van der Waals surface area contributed by atoms with E-state index in [1.165, 1.54) is 0 Å². The molecule has 0 saturated carbocycles. The lowest BCUT2D eigenvalue weighted by atomic mass is 10.1. The first-order valence-corrected chi connectivity index (χ1v) is 9.42. The molecule has 0 atom stereocenters. The highest BCUT2D eigenvalue weighted by atomic mass is 79.9. The van der Waals surface area contributed by atoms with Crippen LogP contribution in [0.1, 0.15) is 24.3 Å². The molecule has 1 heterocycles. The summed E-state index contributed by atoms with van der Waals surface area (Å²) >= 11 is 3.41. The van der Waals surface area contributed by atoms with Crippen molar-refractivity contribution in [1.29, 1.82) is 0 Å². The molecule has 2 aromatic carbocycles. The molecule has 0 radical (unpaired) electrons. The van der Waals surface area contributed by atoms with E-state index >= 15 is 0 Å². The van der Waals surface area contributed by atoms with Crippen molar-refractivity contribution in [3.8, 4) is 22.8 Å². The second-order valence-corrected chi connectivity index (χ2v) is 6.57. The average molecular weight is 430 g/mol. The maximum atomic E-state index is 12.7. The number of halogens is 1. The number of ether oxygens (including phenoxy) is 2. The Bertz CT molecular complexity index is 922. The Kier molecular flexibility index (Phi) is 6.13. The van der Waals surface area contributed by atoms with E-state index in [1.807, 2.05) is 44.2 Å². The topological polar surface area (TPSA) is 76.2 Å². The molecule has 0 aliphatic carbocycles. The predicted octanol–water partition coefficient (Wildman–Crippen LogP) is 4.89. The van der Waals surface area contributed by atoms with Crippen LogP contribution in [0.2, 0.25) is 0 Å². The van der Waals surface area contributed by atoms with Crippen LogP contribution in [0.5, 0.6) is 11.5 Å². The van der Waals surface area contributed by atoms with Crippen molar-refractivity contribution in [2.75, 3.05) is 18.5 Å². The summed E-state index contributed by atoms with van der Waals surface area (Å²) in [5.41, 5.74) is 2.52. The minimum absolute atomic E-state index is 0.305. The SMILES string of the molecule is CCOc1ccc(OCC)c(NC(=O)c2cc(-c3ccc(Br)cc3)n[nH]2)c1. The summed E-state index contributed by atoms with van der Waals surface area (Å²) in [6, 6.07) is 14.8. The zero-order valence-corrected chi connectivity index (χ0v) is 16.7. The van der Waals surface area contributed by atoms with Gasteiger partial charge in [-0.2, -0.15) is 5.10 Å². The van der Waals surface area contributed by atoms with E-state index < -0.39 is 0 Å². The fourth-order valence-electron chi connectivity index (χ4n) is 2.54. The number of H-pyrrole nitrogens is 1. The number of hydrogen-bond donors (Lipinski definition) is 2. The van der Waals surface area contributed by atoms with Crippen LogP contribution in [0.4, 0.5) is 5.69 Å². The van der Waals surface area contributed by atoms with Gasteiger partial charge in [0.05, 0.1) is 24.6 Å². The van der Waals surface area contributed by atoms with Gasteiger partial charge in [0.2, 0.25) is 0 Å². The van der Waals surface area contributed by atoms with Crippen LogP contribution >= 0.6 is 15.9 Å². The number of nitrogens with one attached hydrogen (secondary N) is 2. The van der Waals surface area contributed by atoms with E-state index in [1.54, 1.807) is 18.2 Å². The molecule has 7 heteroatoms. The summed E-state index contributed by atoms with van der Waals surface area (Å²) < 4.78 is 12.1. The third-order valence-electron chi connectivity index (χ3n) is 3.77. The Morgan fingerprint density at radius 1 is 1.07 bits per heavy atom. The lowest BCUT2D eigenvalue weighted by Gasteiger charge is -2.13. The molecule has 0 unspecified atom stereocenters. The van der Waals surface area contributed by atoms with E-state index in [9.17, 15) is 4.79 Å². The van der Waals surface area contributed by atoms with Gasteiger partial charge in [0.1, 0.15) is 17.2 Å². The Morgan fingerprint density at radius 3 is 2.52 bits per heavy atom. The molecule has 3 rings (SSSR count). The zero-order valence-electron chi connectivity index (χ0n) is 15.1. The van der Waals surface area contributed by atoms with Crippen molar-refractivity contribution < 1.29 is 14.3 Å². The zero-order chi connectivity index (χ0) is 19.2. The summed E-state index contributed by atoms with van der Waals surface area (Å²) in [6.45, 7) is 4.83. The fraction of sp³-hybridized carbons (Fsp3) is 0.200. The minimum Gasteiger partial charge on any atom is -0.494 e. The molecule has 1 amide bonds. The van der Waals surface area contributed by atoms with Gasteiger partial charge in [-0.05, 0) is 44.2 Å². The number of benzene rings is 2. The smallest absolute Gasteiger partial charge is 0.273 e. The van der Waals surface area contributed by atoms with E-state index in [2.05, 4.69) is 31.4 Å². The van der Waals surface area contributed by atoms with Crippen LogP contribution in [-0.4, -0.2) is 29.3 Å². The Morgan fingerprint density at radius 2 is 1.81 bits per heavy atom. The number of carbonyl (C=O) groups is 1. The Hall–Kier alpha value is -2.80. The van der Waals surface area contributed by atoms with Gasteiger partial charge < -0.3 is 14.8 Å². The second kappa shape index (κ2) is 8.73. The Labute approximate surface area is 166 Å². The number of hydrogen-bond acceptors (Lipinski definition) is 4. The van der Waals surface area contributed by atoms with Crippen molar-refractivity contribution in [3.05, 3.63) is 58.7 Å². The summed E-state index contributed by atoms with van der Waals surface area (Å²) in [6.07, 6.45) is 0. The summed E-state index contributed by atoms with van der Waals surface area (Å²) in [4.78, 5) is 12.7. The quantitative estimate of drug-likeness (QED) is 0.560. The first-order valence-electron chi connectivity index (χ1n) is 8.63. The van der Waals surface area contributed by atoms with Crippen molar-refractivity contribution in [3.63, 3.8) is 0 Å². The maximum Gasteiger partial charge on any atom is 0.273 e. The third kappa shape index (κ3) is 4.68. The second-order valence-electron chi connectivity index (χ2n) is 5.65. The molecule has 1 aromatic heterocycles. The number of nitrogens with zero attached hydrogens (tertiary/aromatic N) is 1. The van der Waals surface area contributed by atoms with E-state index in [4.69, 9.17) is 9.47 Å². The van der Waals surface area contributed by atoms with Crippen LogP contribution in [0.3, 0.4) is 0 Å². The Balaban J connectivity index is 1.81. The number of amides is 1. The van der Waals surface area contributed by atoms with Crippen molar-refractivity contribution in [2.45, 2.75) is 13.8 Å². The fourth-order valence-corrected chi connectivity index (χ4v) is 2.81. The minimum atomic E-state index is -0.305. The van der Waals surface area contributed by atoms with Crippen molar-refractivity contribution in [2.24, 2.45) is 0 Å². The van der Waals surface area contributed by atoms with Crippen LogP contribution in [0.25, 0.3) is 11.3 Å². The lowest BCUT2D eigenvalue weighted by molar-refractivity contribution is 0.102.